The third-order valence-corrected chi connectivity index (χ3v) is 22.2. The van der Waals surface area contributed by atoms with Crippen LogP contribution in [-0.2, 0) is 52.2 Å². The van der Waals surface area contributed by atoms with Gasteiger partial charge in [-0.3, -0.25) is 33.2 Å². The quantitative estimate of drug-likeness (QED) is 0.0224. The molecule has 0 bridgehead atoms. The van der Waals surface area contributed by atoms with Gasteiger partial charge in [0.05, 0.1) is 65.4 Å². The maximum atomic E-state index is 15.2. The summed E-state index contributed by atoms with van der Waals surface area (Å²) in [6.45, 7) is 3.59. The maximum absolute atomic E-state index is 15.2. The van der Waals surface area contributed by atoms with Gasteiger partial charge in [-0.2, -0.15) is 23.5 Å². The number of unbranched alkanes of at least 4 members (excludes halogenated alkanes) is 2. The number of aromatic nitrogens is 6. The van der Waals surface area contributed by atoms with Crippen molar-refractivity contribution in [1.82, 2.24) is 80.9 Å². The second-order valence-electron chi connectivity index (χ2n) is 23.7. The van der Waals surface area contributed by atoms with E-state index in [1.54, 1.807) is 79.2 Å². The van der Waals surface area contributed by atoms with Gasteiger partial charge in [0.2, 0.25) is 21.8 Å². The number of thioether (sulfide) groups is 2. The SMILES string of the molecule is Cc1c(-c2cccc(S(=O)(=O)N(C)C)c2)c2cc(C(=O)Nc3ccc4c(c3)n(CCn3cc(CCNC(=O)CCCC[C@@H]5SCC6NC(=O)NC65)nn3)c(=O)n4CCN3C=C(CCNC(=O)CCCC[C@@H]4SC[C@@H]5NC(=O)N[C@@H]54)NN3)ccc2n1C/C(F)=C/CN. The first-order valence-electron chi connectivity index (χ1n) is 30.9. The van der Waals surface area contributed by atoms with Crippen molar-refractivity contribution < 1.29 is 36.8 Å². The first kappa shape index (κ1) is 64.6. The van der Waals surface area contributed by atoms with Crippen LogP contribution in [0.3, 0.4) is 0 Å². The van der Waals surface area contributed by atoms with Gasteiger partial charge in [0.1, 0.15) is 5.83 Å². The van der Waals surface area contributed by atoms with Crippen LogP contribution >= 0.6 is 23.5 Å². The molecule has 11 N–H and O–H groups in total. The highest BCUT2D eigenvalue weighted by atomic mass is 32.2. The number of amides is 7. The molecule has 5 aliphatic rings. The van der Waals surface area contributed by atoms with Crippen LogP contribution in [0.4, 0.5) is 19.7 Å². The van der Waals surface area contributed by atoms with Crippen molar-refractivity contribution in [3.63, 3.8) is 0 Å². The summed E-state index contributed by atoms with van der Waals surface area (Å²) in [6, 6.07) is 17.3. The minimum Gasteiger partial charge on any atom is -0.356 e. The summed E-state index contributed by atoms with van der Waals surface area (Å²) in [4.78, 5) is 78.1. The van der Waals surface area contributed by atoms with E-state index in [9.17, 15) is 37.2 Å². The van der Waals surface area contributed by atoms with Crippen LogP contribution in [0.1, 0.15) is 79.5 Å². The molecule has 26 nitrogen and oxygen atoms in total. The average Bonchev–Trinajstić information content (AvgIpc) is 1.65. The number of fused-ring (bicyclic) bond motifs is 4. The summed E-state index contributed by atoms with van der Waals surface area (Å²) in [7, 11) is -0.909. The Morgan fingerprint density at radius 1 is 0.780 bits per heavy atom. The Hall–Kier alpha value is -7.90. The molecule has 0 saturated carbocycles. The molecule has 6 atom stereocenters. The summed E-state index contributed by atoms with van der Waals surface area (Å²) >= 11 is 3.73. The van der Waals surface area contributed by atoms with E-state index in [1.165, 1.54) is 26.2 Å². The van der Waals surface area contributed by atoms with Crippen LogP contribution in [0, 0.1) is 6.92 Å². The van der Waals surface area contributed by atoms with Gasteiger partial charge >= 0.3 is 17.8 Å². The lowest BCUT2D eigenvalue weighted by molar-refractivity contribution is -0.122. The van der Waals surface area contributed by atoms with Crippen LogP contribution < -0.4 is 59.6 Å². The fraction of sp³-hybridized carbons (Fsp3) is 0.475. The first-order chi connectivity index (χ1) is 43.9. The molecule has 486 valence electrons. The number of aryl methyl sites for hydroxylation is 2. The monoisotopic (exact) mass is 1310 g/mol. The van der Waals surface area contributed by atoms with E-state index < -0.39 is 21.8 Å². The zero-order valence-corrected chi connectivity index (χ0v) is 53.6. The smallest absolute Gasteiger partial charge is 0.329 e. The third kappa shape index (κ3) is 15.0. The molecule has 0 radical (unpaired) electrons. The third-order valence-electron chi connectivity index (χ3n) is 17.4. The normalized spacial score (nSPS) is 20.4. The second-order valence-corrected chi connectivity index (χ2v) is 28.4. The van der Waals surface area contributed by atoms with Crippen molar-refractivity contribution in [2.24, 2.45) is 5.73 Å². The number of halogens is 1. The van der Waals surface area contributed by atoms with E-state index >= 15 is 4.39 Å². The predicted molar refractivity (Wildman–Crippen MR) is 349 cm³/mol. The molecule has 11 rings (SSSR count). The number of carbonyl (C=O) groups excluding carboxylic acids is 5. The number of hydrogen-bond donors (Lipinski definition) is 10. The summed E-state index contributed by atoms with van der Waals surface area (Å²) < 4.78 is 49.7. The van der Waals surface area contributed by atoms with Crippen molar-refractivity contribution in [3.05, 3.63) is 118 Å². The molecule has 91 heavy (non-hydrogen) atoms. The molecule has 0 spiro atoms. The molecule has 6 aromatic rings. The summed E-state index contributed by atoms with van der Waals surface area (Å²) in [6.07, 6.45) is 12.0. The lowest BCUT2D eigenvalue weighted by Crippen LogP contribution is -2.39. The standard InChI is InChI=1S/C61H79FN18O8S3/c1-37-55(38-9-8-10-44(29-38)91(87,88)75(2)3)45-30-39(15-17-48(45)80(37)32-40(62)19-22-63)58(83)66-41-16-18-49-50(31-41)79(28-26-77-34-43(72-74-77)21-24-65-54(82)14-7-5-12-52-57-47(36-90-52)68-60(85)70-57)61(86)78(49)27-25-76-33-42(71-73-76)20-23-64-53(81)13-6-4-11-51-56-46(35-89-51)67-59(84)69-56/h8-10,15-19,29-31,33-34,46-47,51-52,56-57,71,73H,4-7,11-14,20-28,32,35-36,63H2,1-3H3,(H,64,81)(H,65,82)(H,66,83)(H2,67,69,84)(H2,68,70,85)/b40-19-/t46-,47?,51-,52-,56-,57?/m0/s1. The number of rotatable bonds is 30. The van der Waals surface area contributed by atoms with E-state index in [1.807, 2.05) is 41.7 Å². The number of imidazole rings is 1. The van der Waals surface area contributed by atoms with Crippen LogP contribution in [0.5, 0.6) is 0 Å². The molecule has 2 unspecified atom stereocenters. The first-order valence-corrected chi connectivity index (χ1v) is 34.5. The summed E-state index contributed by atoms with van der Waals surface area (Å²) in [5, 5.41) is 32.8. The van der Waals surface area contributed by atoms with Crippen LogP contribution in [-0.4, -0.2) is 163 Å². The Balaban J connectivity index is 0.754. The van der Waals surface area contributed by atoms with E-state index in [2.05, 4.69) is 58.5 Å². The number of hydrogen-bond acceptors (Lipinski definition) is 16. The van der Waals surface area contributed by atoms with Gasteiger partial charge in [0.15, 0.2) is 0 Å². The number of benzene rings is 3. The van der Waals surface area contributed by atoms with E-state index in [0.29, 0.717) is 106 Å². The molecular formula is C61H79FN18O8S3. The molecular weight excluding hydrogens is 1230 g/mol. The highest BCUT2D eigenvalue weighted by molar-refractivity contribution is 8.00. The van der Waals surface area contributed by atoms with Crippen molar-refractivity contribution in [2.45, 2.75) is 137 Å². The number of hydrazine groups is 2. The van der Waals surface area contributed by atoms with Crippen LogP contribution in [0.15, 0.2) is 100 Å². The average molecular weight is 1310 g/mol. The van der Waals surface area contributed by atoms with Gasteiger partial charge in [0.25, 0.3) is 5.91 Å². The lowest BCUT2D eigenvalue weighted by atomic mass is 10.0. The van der Waals surface area contributed by atoms with Crippen molar-refractivity contribution in [3.8, 4) is 11.1 Å². The Labute approximate surface area is 534 Å². The number of nitrogens with zero attached hydrogens (tertiary/aromatic N) is 8. The Morgan fingerprint density at radius 3 is 2.12 bits per heavy atom. The summed E-state index contributed by atoms with van der Waals surface area (Å²) in [5.41, 5.74) is 17.5. The zero-order valence-electron chi connectivity index (χ0n) is 51.1. The Bertz CT molecular complexity index is 3960. The zero-order chi connectivity index (χ0) is 63.9. The minimum absolute atomic E-state index is 0.0000885. The van der Waals surface area contributed by atoms with Crippen molar-refractivity contribution in [2.75, 3.05) is 57.1 Å². The highest BCUT2D eigenvalue weighted by Crippen LogP contribution is 2.38. The number of carbonyl (C=O) groups is 5. The van der Waals surface area contributed by atoms with Gasteiger partial charge < -0.3 is 52.9 Å². The number of urea groups is 2. The number of anilines is 1. The fourth-order valence-corrected chi connectivity index (χ4v) is 16.6. The minimum atomic E-state index is -3.82. The van der Waals surface area contributed by atoms with Gasteiger partial charge in [-0.15, -0.1) is 10.6 Å². The number of allylic oxidation sites excluding steroid dienone is 1. The maximum Gasteiger partial charge on any atom is 0.329 e. The largest absolute Gasteiger partial charge is 0.356 e. The van der Waals surface area contributed by atoms with Gasteiger partial charge in [0, 0.05) is 146 Å². The molecule has 4 fully saturated rings. The number of sulfonamides is 1. The van der Waals surface area contributed by atoms with Crippen molar-refractivity contribution in [1.29, 1.82) is 0 Å². The van der Waals surface area contributed by atoms with E-state index in [4.69, 9.17) is 5.73 Å². The molecule has 8 heterocycles. The van der Waals surface area contributed by atoms with Gasteiger partial charge in [-0.25, -0.2) is 31.5 Å². The molecule has 5 aliphatic heterocycles. The topological polar surface area (TPSA) is 323 Å². The summed E-state index contributed by atoms with van der Waals surface area (Å²) in [5.74, 6) is 0.827. The van der Waals surface area contributed by atoms with Crippen molar-refractivity contribution >= 4 is 91.0 Å². The van der Waals surface area contributed by atoms with Crippen LogP contribution in [0.25, 0.3) is 33.1 Å². The van der Waals surface area contributed by atoms with Gasteiger partial charge in [-0.05, 0) is 92.8 Å². The Kier molecular flexibility index (Phi) is 20.4. The highest BCUT2D eigenvalue weighted by Gasteiger charge is 2.43. The van der Waals surface area contributed by atoms with Gasteiger partial charge in [-0.1, -0.05) is 30.2 Å². The molecule has 7 amide bonds. The number of nitrogens with two attached hydrogens (primary N) is 1. The molecule has 3 aromatic heterocycles. The molecule has 30 heteroatoms. The predicted octanol–water partition coefficient (Wildman–Crippen LogP) is 4.12. The molecule has 3 aromatic carbocycles. The Morgan fingerprint density at radius 2 is 1.44 bits per heavy atom. The molecule has 4 saturated heterocycles. The van der Waals surface area contributed by atoms with E-state index in [0.717, 1.165) is 60.0 Å². The fourth-order valence-electron chi connectivity index (χ4n) is 12.6. The second kappa shape index (κ2) is 28.7. The molecule has 0 aliphatic carbocycles. The van der Waals surface area contributed by atoms with Crippen LogP contribution in [0.2, 0.25) is 0 Å². The van der Waals surface area contributed by atoms with E-state index in [-0.39, 0.29) is 96.9 Å². The number of nitrogens with one attached hydrogen (secondary N) is 9. The lowest BCUT2D eigenvalue weighted by Gasteiger charge is -2.16.